The van der Waals surface area contributed by atoms with Gasteiger partial charge in [-0.05, 0) is 29.5 Å². The van der Waals surface area contributed by atoms with Crippen LogP contribution in [0.3, 0.4) is 0 Å². The van der Waals surface area contributed by atoms with Crippen LogP contribution in [0.5, 0.6) is 0 Å². The number of nitrogens with zero attached hydrogens (tertiary/aromatic N) is 4. The summed E-state index contributed by atoms with van der Waals surface area (Å²) in [5, 5.41) is 11.8. The van der Waals surface area contributed by atoms with Gasteiger partial charge in [-0.3, -0.25) is 0 Å². The van der Waals surface area contributed by atoms with Gasteiger partial charge in [-0.2, -0.15) is 0 Å². The molecule has 2 heterocycles. The Morgan fingerprint density at radius 2 is 2.11 bits per heavy atom. The van der Waals surface area contributed by atoms with Gasteiger partial charge in [0.05, 0.1) is 6.61 Å². The van der Waals surface area contributed by atoms with Crippen molar-refractivity contribution in [3.8, 4) is 11.4 Å². The third-order valence-electron chi connectivity index (χ3n) is 2.72. The number of esters is 1. The maximum atomic E-state index is 12.8. The second-order valence-electron chi connectivity index (χ2n) is 3.91. The van der Waals surface area contributed by atoms with Crippen molar-refractivity contribution < 1.29 is 13.9 Å². The van der Waals surface area contributed by atoms with Crippen molar-refractivity contribution in [2.24, 2.45) is 0 Å². The van der Waals surface area contributed by atoms with Gasteiger partial charge in [0.25, 0.3) is 0 Å². The maximum Gasteiger partial charge on any atom is 0.333 e. The summed E-state index contributed by atoms with van der Waals surface area (Å²) in [6, 6.07) is 5.25. The lowest BCUT2D eigenvalue weighted by atomic mass is 10.2. The van der Waals surface area contributed by atoms with Gasteiger partial charge in [-0.1, -0.05) is 0 Å². The molecule has 3 rings (SSSR count). The Labute approximate surface area is 101 Å². The topological polar surface area (TPSA) is 69.9 Å². The molecule has 1 fully saturated rings. The Morgan fingerprint density at radius 3 is 2.78 bits per heavy atom. The number of hydrogen-bond acceptors (Lipinski definition) is 5. The Hall–Kier alpha value is -2.31. The zero-order valence-electron chi connectivity index (χ0n) is 9.28. The van der Waals surface area contributed by atoms with Crippen LogP contribution in [0.4, 0.5) is 4.39 Å². The summed E-state index contributed by atoms with van der Waals surface area (Å²) in [7, 11) is 0. The van der Waals surface area contributed by atoms with Gasteiger partial charge >= 0.3 is 5.97 Å². The standard InChI is InChI=1S/C11H9FN4O2/c12-8-3-1-7(2-4-8)10-13-15-16(14-10)9-5-6-18-11(9)17/h1-4,9H,5-6H2/t9-/m1/s1. The fraction of sp³-hybridized carbons (Fsp3) is 0.273. The molecule has 1 aromatic carbocycles. The molecule has 0 aliphatic carbocycles. The van der Waals surface area contributed by atoms with Crippen molar-refractivity contribution in [1.29, 1.82) is 0 Å². The first-order valence-corrected chi connectivity index (χ1v) is 5.46. The summed E-state index contributed by atoms with van der Waals surface area (Å²) in [5.41, 5.74) is 0.647. The van der Waals surface area contributed by atoms with Crippen molar-refractivity contribution in [2.75, 3.05) is 6.61 Å². The number of aromatic nitrogens is 4. The number of carbonyl (C=O) groups is 1. The second-order valence-corrected chi connectivity index (χ2v) is 3.91. The average molecular weight is 248 g/mol. The smallest absolute Gasteiger partial charge is 0.333 e. The highest BCUT2D eigenvalue weighted by Gasteiger charge is 2.30. The van der Waals surface area contributed by atoms with Crippen LogP contribution in [0.15, 0.2) is 24.3 Å². The first-order chi connectivity index (χ1) is 8.74. The van der Waals surface area contributed by atoms with Crippen LogP contribution < -0.4 is 0 Å². The predicted molar refractivity (Wildman–Crippen MR) is 57.8 cm³/mol. The highest BCUT2D eigenvalue weighted by Crippen LogP contribution is 2.20. The molecule has 1 aromatic heterocycles. The molecule has 1 saturated heterocycles. The van der Waals surface area contributed by atoms with E-state index in [9.17, 15) is 9.18 Å². The number of rotatable bonds is 2. The van der Waals surface area contributed by atoms with Gasteiger partial charge in [0.15, 0.2) is 6.04 Å². The summed E-state index contributed by atoms with van der Waals surface area (Å²) in [6.45, 7) is 0.372. The molecule has 1 aliphatic rings. The van der Waals surface area contributed by atoms with E-state index >= 15 is 0 Å². The Morgan fingerprint density at radius 1 is 1.33 bits per heavy atom. The summed E-state index contributed by atoms with van der Waals surface area (Å²) >= 11 is 0. The number of halogens is 1. The van der Waals surface area contributed by atoms with Crippen LogP contribution >= 0.6 is 0 Å². The fourth-order valence-electron chi connectivity index (χ4n) is 1.77. The zero-order chi connectivity index (χ0) is 12.5. The van der Waals surface area contributed by atoms with Gasteiger partial charge < -0.3 is 4.74 Å². The molecular weight excluding hydrogens is 239 g/mol. The summed E-state index contributed by atoms with van der Waals surface area (Å²) in [4.78, 5) is 12.6. The predicted octanol–water partition coefficient (Wildman–Crippen LogP) is 0.967. The second kappa shape index (κ2) is 4.17. The fourth-order valence-corrected chi connectivity index (χ4v) is 1.77. The van der Waals surface area contributed by atoms with Crippen LogP contribution in [0, 0.1) is 5.82 Å². The number of benzene rings is 1. The highest BCUT2D eigenvalue weighted by atomic mass is 19.1. The zero-order valence-corrected chi connectivity index (χ0v) is 9.28. The van der Waals surface area contributed by atoms with E-state index in [2.05, 4.69) is 15.4 Å². The molecule has 6 nitrogen and oxygen atoms in total. The number of hydrogen-bond donors (Lipinski definition) is 0. The van der Waals surface area contributed by atoms with Crippen LogP contribution in [-0.2, 0) is 9.53 Å². The Balaban J connectivity index is 1.89. The number of carbonyl (C=O) groups excluding carboxylic acids is 1. The van der Waals surface area contributed by atoms with E-state index < -0.39 is 6.04 Å². The molecule has 92 valence electrons. The van der Waals surface area contributed by atoms with Crippen LogP contribution in [0.25, 0.3) is 11.4 Å². The van der Waals surface area contributed by atoms with Crippen molar-refractivity contribution >= 4 is 5.97 Å². The third-order valence-corrected chi connectivity index (χ3v) is 2.72. The Kier molecular flexibility index (Phi) is 2.51. The minimum absolute atomic E-state index is 0.328. The minimum Gasteiger partial charge on any atom is -0.464 e. The maximum absolute atomic E-state index is 12.8. The molecular formula is C11H9FN4O2. The molecule has 0 spiro atoms. The van der Waals surface area contributed by atoms with Gasteiger partial charge in [0, 0.05) is 12.0 Å². The summed E-state index contributed by atoms with van der Waals surface area (Å²) < 4.78 is 17.6. The van der Waals surface area contributed by atoms with E-state index in [1.165, 1.54) is 16.9 Å². The summed E-state index contributed by atoms with van der Waals surface area (Å²) in [5.74, 6) is -0.321. The molecule has 0 N–H and O–H groups in total. The van der Waals surface area contributed by atoms with Crippen LogP contribution in [0.1, 0.15) is 12.5 Å². The normalized spacial score (nSPS) is 18.9. The van der Waals surface area contributed by atoms with Gasteiger partial charge in [0.1, 0.15) is 5.82 Å². The Bertz CT molecular complexity index is 581. The summed E-state index contributed by atoms with van der Waals surface area (Å²) in [6.07, 6.45) is 0.540. The molecule has 7 heteroatoms. The van der Waals surface area contributed by atoms with E-state index in [1.54, 1.807) is 12.1 Å². The van der Waals surface area contributed by atoms with E-state index in [0.717, 1.165) is 0 Å². The van der Waals surface area contributed by atoms with E-state index in [4.69, 9.17) is 4.74 Å². The van der Waals surface area contributed by atoms with Crippen LogP contribution in [0.2, 0.25) is 0 Å². The molecule has 0 saturated carbocycles. The lowest BCUT2D eigenvalue weighted by molar-refractivity contribution is -0.141. The molecule has 0 radical (unpaired) electrons. The molecule has 2 aromatic rings. The largest absolute Gasteiger partial charge is 0.464 e. The van der Waals surface area contributed by atoms with Gasteiger partial charge in [-0.25, -0.2) is 9.18 Å². The molecule has 18 heavy (non-hydrogen) atoms. The van der Waals surface area contributed by atoms with Crippen molar-refractivity contribution in [2.45, 2.75) is 12.5 Å². The highest BCUT2D eigenvalue weighted by molar-refractivity contribution is 5.75. The van der Waals surface area contributed by atoms with Gasteiger partial charge in [0.2, 0.25) is 5.82 Å². The third kappa shape index (κ3) is 1.83. The lowest BCUT2D eigenvalue weighted by Gasteiger charge is -2.01. The first kappa shape index (κ1) is 10.8. The van der Waals surface area contributed by atoms with Crippen molar-refractivity contribution in [3.63, 3.8) is 0 Å². The van der Waals surface area contributed by atoms with E-state index in [0.29, 0.717) is 24.4 Å². The molecule has 0 amide bonds. The first-order valence-electron chi connectivity index (χ1n) is 5.46. The SMILES string of the molecule is O=C1OCC[C@H]1n1nnc(-c2ccc(F)cc2)n1. The van der Waals surface area contributed by atoms with Crippen molar-refractivity contribution in [3.05, 3.63) is 30.1 Å². The monoisotopic (exact) mass is 248 g/mol. The number of ether oxygens (including phenoxy) is 1. The molecule has 1 atom stereocenters. The molecule has 1 aliphatic heterocycles. The molecule has 0 unspecified atom stereocenters. The molecule has 0 bridgehead atoms. The average Bonchev–Trinajstić information content (AvgIpc) is 2.98. The minimum atomic E-state index is -0.508. The van der Waals surface area contributed by atoms with E-state index in [1.807, 2.05) is 0 Å². The van der Waals surface area contributed by atoms with Gasteiger partial charge in [-0.15, -0.1) is 15.0 Å². The lowest BCUT2D eigenvalue weighted by Crippen LogP contribution is -2.17. The quantitative estimate of drug-likeness (QED) is 0.740. The van der Waals surface area contributed by atoms with Crippen LogP contribution in [-0.4, -0.2) is 32.8 Å². The number of tetrazole rings is 1. The number of cyclic esters (lactones) is 1. The van der Waals surface area contributed by atoms with E-state index in [-0.39, 0.29) is 11.8 Å². The van der Waals surface area contributed by atoms with Crippen molar-refractivity contribution in [1.82, 2.24) is 20.2 Å².